The SMILES string of the molecule is CC1C=C2C(=CC1)c1ccc(N(c3ccc4c(c3)c3ccccc3n4C3=CCCC=C3)c3ccc4c(c3)c3ccccc3n4-c3ccccc3)cc1C2(C)C. The van der Waals surface area contributed by atoms with E-state index >= 15 is 0 Å². The standard InChI is InChI=1S/C52H43N3/c1-34-22-26-40-41-27-23-39(33-47(41)52(2,3)46(40)30-34)53(37-24-28-50-44(31-37)42-18-10-12-20-48(42)54(50)35-14-6-4-7-15-35)38-25-29-51-45(32-38)43-19-11-13-21-49(43)55(51)36-16-8-5-9-17-36/h4,6-8,10-21,23-34H,5,9,22H2,1-3H3. The molecule has 8 aromatic rings. The Morgan fingerprint density at radius 3 is 1.87 bits per heavy atom. The van der Waals surface area contributed by atoms with Crippen LogP contribution in [0.2, 0.25) is 0 Å². The first kappa shape index (κ1) is 32.1. The minimum absolute atomic E-state index is 0.0802. The number of aromatic nitrogens is 2. The summed E-state index contributed by atoms with van der Waals surface area (Å²) in [7, 11) is 0. The van der Waals surface area contributed by atoms with Crippen LogP contribution in [0, 0.1) is 5.92 Å². The third kappa shape index (κ3) is 4.82. The van der Waals surface area contributed by atoms with Crippen molar-refractivity contribution in [2.24, 2.45) is 5.92 Å². The number of nitrogens with zero attached hydrogens (tertiary/aromatic N) is 3. The van der Waals surface area contributed by atoms with E-state index in [1.807, 2.05) is 0 Å². The maximum atomic E-state index is 2.52. The molecule has 0 saturated carbocycles. The number of allylic oxidation sites excluding steroid dienone is 8. The van der Waals surface area contributed by atoms with Gasteiger partial charge < -0.3 is 14.0 Å². The second kappa shape index (κ2) is 12.1. The van der Waals surface area contributed by atoms with Gasteiger partial charge >= 0.3 is 0 Å². The molecule has 1 atom stereocenters. The molecule has 3 aliphatic rings. The van der Waals surface area contributed by atoms with E-state index < -0.39 is 0 Å². The zero-order valence-electron chi connectivity index (χ0n) is 31.6. The molecule has 0 radical (unpaired) electrons. The Bertz CT molecular complexity index is 3000. The van der Waals surface area contributed by atoms with E-state index in [4.69, 9.17) is 0 Å². The molecule has 266 valence electrons. The molecule has 0 bridgehead atoms. The molecule has 2 heterocycles. The summed E-state index contributed by atoms with van der Waals surface area (Å²) in [6.07, 6.45) is 15.2. The summed E-state index contributed by atoms with van der Waals surface area (Å²) in [5.41, 5.74) is 16.4. The van der Waals surface area contributed by atoms with Gasteiger partial charge in [0.05, 0.1) is 22.1 Å². The Kier molecular flexibility index (Phi) is 7.07. The molecule has 0 N–H and O–H groups in total. The second-order valence-corrected chi connectivity index (χ2v) is 16.2. The minimum atomic E-state index is -0.0802. The van der Waals surface area contributed by atoms with Crippen molar-refractivity contribution in [3.05, 3.63) is 181 Å². The Morgan fingerprint density at radius 1 is 0.582 bits per heavy atom. The van der Waals surface area contributed by atoms with E-state index in [0.717, 1.165) is 30.6 Å². The van der Waals surface area contributed by atoms with E-state index in [1.54, 1.807) is 0 Å². The number of fused-ring (bicyclic) bond motifs is 9. The topological polar surface area (TPSA) is 13.1 Å². The van der Waals surface area contributed by atoms with E-state index in [2.05, 4.69) is 199 Å². The Labute approximate surface area is 322 Å². The van der Waals surface area contributed by atoms with Crippen LogP contribution >= 0.6 is 0 Å². The molecule has 3 heteroatoms. The van der Waals surface area contributed by atoms with Crippen LogP contribution < -0.4 is 4.90 Å². The van der Waals surface area contributed by atoms with Crippen LogP contribution in [0.25, 0.3) is 60.6 Å². The Balaban J connectivity index is 1.16. The number of hydrogen-bond acceptors (Lipinski definition) is 1. The van der Waals surface area contributed by atoms with Crippen LogP contribution in [-0.4, -0.2) is 9.13 Å². The van der Waals surface area contributed by atoms with Crippen LogP contribution in [0.5, 0.6) is 0 Å². The predicted octanol–water partition coefficient (Wildman–Crippen LogP) is 14.2. The Morgan fingerprint density at radius 2 is 1.18 bits per heavy atom. The van der Waals surface area contributed by atoms with E-state index in [-0.39, 0.29) is 5.41 Å². The second-order valence-electron chi connectivity index (χ2n) is 16.2. The van der Waals surface area contributed by atoms with Crippen molar-refractivity contribution in [2.75, 3.05) is 4.90 Å². The van der Waals surface area contributed by atoms with E-state index in [0.29, 0.717) is 5.92 Å². The molecular formula is C52H43N3. The van der Waals surface area contributed by atoms with Crippen molar-refractivity contribution in [1.29, 1.82) is 0 Å². The first-order chi connectivity index (χ1) is 27.0. The van der Waals surface area contributed by atoms with E-state index in [9.17, 15) is 0 Å². The summed E-state index contributed by atoms with van der Waals surface area (Å²) < 4.78 is 4.84. The highest BCUT2D eigenvalue weighted by atomic mass is 15.1. The fraction of sp³-hybridized carbons (Fsp3) is 0.154. The lowest BCUT2D eigenvalue weighted by atomic mass is 9.79. The quantitative estimate of drug-likeness (QED) is 0.173. The molecule has 0 fully saturated rings. The van der Waals surface area contributed by atoms with Crippen molar-refractivity contribution in [2.45, 2.75) is 45.4 Å². The van der Waals surface area contributed by atoms with Gasteiger partial charge in [-0.1, -0.05) is 106 Å². The molecule has 11 rings (SSSR count). The largest absolute Gasteiger partial charge is 0.310 e. The lowest BCUT2D eigenvalue weighted by Gasteiger charge is -2.29. The van der Waals surface area contributed by atoms with Crippen molar-refractivity contribution in [3.63, 3.8) is 0 Å². The smallest absolute Gasteiger partial charge is 0.0542 e. The number of rotatable bonds is 5. The number of anilines is 3. The van der Waals surface area contributed by atoms with Gasteiger partial charge in [0.1, 0.15) is 0 Å². The first-order valence-electron chi connectivity index (χ1n) is 19.8. The third-order valence-corrected chi connectivity index (χ3v) is 12.4. The van der Waals surface area contributed by atoms with Crippen LogP contribution in [0.15, 0.2) is 169 Å². The van der Waals surface area contributed by atoms with E-state index in [1.165, 1.54) is 83.0 Å². The molecule has 0 amide bonds. The molecule has 3 nitrogen and oxygen atoms in total. The fourth-order valence-corrected chi connectivity index (χ4v) is 9.77. The summed E-state index contributed by atoms with van der Waals surface area (Å²) in [4.78, 5) is 2.49. The van der Waals surface area contributed by atoms with Gasteiger partial charge in [0, 0.05) is 55.4 Å². The summed E-state index contributed by atoms with van der Waals surface area (Å²) in [6, 6.07) is 49.8. The number of hydrogen-bond donors (Lipinski definition) is 0. The zero-order chi connectivity index (χ0) is 36.8. The van der Waals surface area contributed by atoms with Gasteiger partial charge in [0.25, 0.3) is 0 Å². The Hall–Kier alpha value is -6.32. The minimum Gasteiger partial charge on any atom is -0.310 e. The van der Waals surface area contributed by atoms with Gasteiger partial charge in [0.15, 0.2) is 0 Å². The molecule has 0 aliphatic heterocycles. The summed E-state index contributed by atoms with van der Waals surface area (Å²) in [5.74, 6) is 0.557. The zero-order valence-corrected chi connectivity index (χ0v) is 31.6. The molecular weight excluding hydrogens is 667 g/mol. The van der Waals surface area contributed by atoms with Crippen LogP contribution in [-0.2, 0) is 5.41 Å². The van der Waals surface area contributed by atoms with Crippen molar-refractivity contribution in [3.8, 4) is 5.69 Å². The first-order valence-corrected chi connectivity index (χ1v) is 19.8. The molecule has 1 unspecified atom stereocenters. The van der Waals surface area contributed by atoms with Crippen LogP contribution in [0.4, 0.5) is 17.1 Å². The monoisotopic (exact) mass is 709 g/mol. The maximum absolute atomic E-state index is 2.52. The lowest BCUT2D eigenvalue weighted by Crippen LogP contribution is -2.18. The summed E-state index contributed by atoms with van der Waals surface area (Å²) >= 11 is 0. The van der Waals surface area contributed by atoms with Crippen molar-refractivity contribution in [1.82, 2.24) is 9.13 Å². The third-order valence-electron chi connectivity index (χ3n) is 12.4. The highest BCUT2D eigenvalue weighted by Gasteiger charge is 2.40. The molecule has 0 spiro atoms. The highest BCUT2D eigenvalue weighted by molar-refractivity contribution is 6.13. The summed E-state index contributed by atoms with van der Waals surface area (Å²) in [6.45, 7) is 7.15. The average Bonchev–Trinajstić information content (AvgIpc) is 3.81. The molecule has 55 heavy (non-hydrogen) atoms. The van der Waals surface area contributed by atoms with Crippen LogP contribution in [0.3, 0.4) is 0 Å². The molecule has 2 aromatic heterocycles. The van der Waals surface area contributed by atoms with Gasteiger partial charge in [-0.25, -0.2) is 0 Å². The normalized spacial score (nSPS) is 17.4. The van der Waals surface area contributed by atoms with Crippen molar-refractivity contribution >= 4 is 71.9 Å². The van der Waals surface area contributed by atoms with Crippen LogP contribution in [0.1, 0.15) is 51.2 Å². The van der Waals surface area contributed by atoms with Gasteiger partial charge in [-0.15, -0.1) is 0 Å². The van der Waals surface area contributed by atoms with Gasteiger partial charge in [-0.3, -0.25) is 0 Å². The molecule has 0 saturated heterocycles. The predicted molar refractivity (Wildman–Crippen MR) is 234 cm³/mol. The molecule has 6 aromatic carbocycles. The maximum Gasteiger partial charge on any atom is 0.0542 e. The summed E-state index contributed by atoms with van der Waals surface area (Å²) in [5, 5.41) is 5.03. The fourth-order valence-electron chi connectivity index (χ4n) is 9.77. The molecule has 3 aliphatic carbocycles. The van der Waals surface area contributed by atoms with Gasteiger partial charge in [-0.2, -0.15) is 0 Å². The number of para-hydroxylation sites is 3. The average molecular weight is 710 g/mol. The van der Waals surface area contributed by atoms with Gasteiger partial charge in [0.2, 0.25) is 0 Å². The van der Waals surface area contributed by atoms with Crippen molar-refractivity contribution < 1.29 is 0 Å². The highest BCUT2D eigenvalue weighted by Crippen LogP contribution is 2.54. The van der Waals surface area contributed by atoms with Gasteiger partial charge in [-0.05, 0) is 126 Å². The number of benzene rings is 6. The lowest BCUT2D eigenvalue weighted by molar-refractivity contribution is 0.633.